The molecule has 0 bridgehead atoms. The summed E-state index contributed by atoms with van der Waals surface area (Å²) < 4.78 is 14.1. The van der Waals surface area contributed by atoms with Crippen molar-refractivity contribution in [2.75, 3.05) is 9.80 Å². The van der Waals surface area contributed by atoms with Gasteiger partial charge >= 0.3 is 0 Å². The van der Waals surface area contributed by atoms with Crippen LogP contribution in [0.5, 0.6) is 23.0 Å². The molecule has 0 fully saturated rings. The van der Waals surface area contributed by atoms with E-state index in [1.54, 1.807) is 0 Å². The third kappa shape index (κ3) is 5.63. The molecule has 0 unspecified atom stereocenters. The lowest BCUT2D eigenvalue weighted by Gasteiger charge is -2.40. The van der Waals surface area contributed by atoms with Crippen molar-refractivity contribution in [3.63, 3.8) is 0 Å². The maximum atomic E-state index is 7.05. The van der Waals surface area contributed by atoms with Crippen LogP contribution in [0.1, 0.15) is 0 Å². The number of anilines is 6. The van der Waals surface area contributed by atoms with Gasteiger partial charge in [0.15, 0.2) is 0 Å². The maximum absolute atomic E-state index is 7.05. The van der Waals surface area contributed by atoms with Gasteiger partial charge in [-0.05, 0) is 123 Å². The number of hydrogen-bond acceptors (Lipinski definition) is 4. The molecule has 10 aromatic rings. The molecule has 0 saturated carbocycles. The molecule has 0 N–H and O–H groups in total. The van der Waals surface area contributed by atoms with Gasteiger partial charge in [0.1, 0.15) is 23.0 Å². The fraction of sp³-hybridized carbons (Fsp3) is 0. The minimum absolute atomic E-state index is 0.0998. The maximum Gasteiger partial charge on any atom is 0.256 e. The van der Waals surface area contributed by atoms with Crippen LogP contribution in [0.25, 0.3) is 44.2 Å². The third-order valence-electron chi connectivity index (χ3n) is 12.9. The number of ether oxygens (including phenoxy) is 2. The summed E-state index contributed by atoms with van der Waals surface area (Å²) in [6.45, 7) is -0.0998. The van der Waals surface area contributed by atoms with Crippen LogP contribution in [0.3, 0.4) is 0 Å². The molecule has 0 amide bonds. The number of rotatable bonds is 6. The molecule has 294 valence electrons. The fourth-order valence-corrected chi connectivity index (χ4v) is 10.1. The third-order valence-corrected chi connectivity index (χ3v) is 12.9. The van der Waals surface area contributed by atoms with Crippen LogP contribution >= 0.6 is 0 Å². The summed E-state index contributed by atoms with van der Waals surface area (Å²) in [6, 6.07) is 80.1. The molecule has 13 rings (SSSR count). The van der Waals surface area contributed by atoms with E-state index in [4.69, 9.17) is 9.47 Å². The van der Waals surface area contributed by atoms with Crippen molar-refractivity contribution in [2.24, 2.45) is 0 Å². The average Bonchev–Trinajstić information content (AvgIpc) is 3.35. The fourth-order valence-electron chi connectivity index (χ4n) is 10.1. The van der Waals surface area contributed by atoms with Crippen molar-refractivity contribution in [3.8, 4) is 56.4 Å². The molecule has 10 aromatic carbocycles. The highest BCUT2D eigenvalue weighted by Crippen LogP contribution is 2.52. The van der Waals surface area contributed by atoms with Crippen molar-refractivity contribution < 1.29 is 9.47 Å². The average molecular weight is 805 g/mol. The Kier molecular flexibility index (Phi) is 7.97. The molecule has 3 aliphatic rings. The molecule has 0 atom stereocenters. The van der Waals surface area contributed by atoms with Gasteiger partial charge in [-0.1, -0.05) is 146 Å². The first-order chi connectivity index (χ1) is 31.2. The normalized spacial score (nSPS) is 12.6. The monoisotopic (exact) mass is 804 g/mol. The van der Waals surface area contributed by atoms with Gasteiger partial charge in [0.25, 0.3) is 6.71 Å². The first-order valence-corrected chi connectivity index (χ1v) is 21.5. The summed E-state index contributed by atoms with van der Waals surface area (Å²) >= 11 is 0. The van der Waals surface area contributed by atoms with Crippen molar-refractivity contribution in [2.45, 2.75) is 0 Å². The lowest BCUT2D eigenvalue weighted by Crippen LogP contribution is -2.59. The largest absolute Gasteiger partial charge is 0.458 e. The minimum Gasteiger partial charge on any atom is -0.458 e. The summed E-state index contributed by atoms with van der Waals surface area (Å²) in [5.74, 6) is 3.38. The molecule has 3 heterocycles. The molecule has 0 radical (unpaired) electrons. The van der Waals surface area contributed by atoms with Gasteiger partial charge in [0.2, 0.25) is 0 Å². The van der Waals surface area contributed by atoms with Crippen LogP contribution in [0.4, 0.5) is 34.1 Å². The second-order valence-electron chi connectivity index (χ2n) is 16.4. The summed E-state index contributed by atoms with van der Waals surface area (Å²) in [5, 5.41) is 2.20. The van der Waals surface area contributed by atoms with Crippen molar-refractivity contribution in [3.05, 3.63) is 224 Å². The minimum atomic E-state index is -0.0998. The van der Waals surface area contributed by atoms with E-state index >= 15 is 0 Å². The first kappa shape index (κ1) is 35.5. The molecule has 3 aliphatic heterocycles. The highest BCUT2D eigenvalue weighted by Gasteiger charge is 2.43. The standard InChI is InChI=1S/C58H37BN2O2/c1-5-15-38(16-6-1)40-27-30-44(31-28-40)61-51-33-29-41(39-17-7-2-8-18-39)35-48(51)59-49-37-55-47(36-56(49)63-54-26-14-24-52(61)58(54)59)45-32-34-50(46-23-13-25-53(62-55)57(45)46)60(42-19-9-3-10-20-42)43-21-11-4-12-22-43/h1-37H. The van der Waals surface area contributed by atoms with E-state index < -0.39 is 0 Å². The SMILES string of the molecule is c1ccc(-c2ccc(N3c4ccc(-c5ccccc5)cc4B4c5cc6c(cc5Oc5cccc3c54)-c3ccc(N(c4ccccc4)c4ccccc4)c4cccc(c34)O6)cc2)cc1. The van der Waals surface area contributed by atoms with Gasteiger partial charge in [-0.2, -0.15) is 0 Å². The highest BCUT2D eigenvalue weighted by molar-refractivity contribution is 6.99. The lowest BCUT2D eigenvalue weighted by atomic mass is 9.34. The summed E-state index contributed by atoms with van der Waals surface area (Å²) in [6.07, 6.45) is 0. The van der Waals surface area contributed by atoms with E-state index in [9.17, 15) is 0 Å². The first-order valence-electron chi connectivity index (χ1n) is 21.5. The van der Waals surface area contributed by atoms with Gasteiger partial charge < -0.3 is 19.3 Å². The van der Waals surface area contributed by atoms with Crippen molar-refractivity contribution in [1.82, 2.24) is 0 Å². The molecular weight excluding hydrogens is 767 g/mol. The number of para-hydroxylation sites is 2. The Hall–Kier alpha value is -8.28. The van der Waals surface area contributed by atoms with Gasteiger partial charge in [-0.25, -0.2) is 0 Å². The Labute approximate surface area is 366 Å². The summed E-state index contributed by atoms with van der Waals surface area (Å²) in [7, 11) is 0. The number of benzene rings is 10. The Morgan fingerprint density at radius 2 is 0.984 bits per heavy atom. The van der Waals surface area contributed by atoms with Gasteiger partial charge in [-0.3, -0.25) is 0 Å². The van der Waals surface area contributed by atoms with E-state index in [2.05, 4.69) is 234 Å². The number of fused-ring (bicyclic) bond motifs is 6. The van der Waals surface area contributed by atoms with Crippen LogP contribution in [0.15, 0.2) is 224 Å². The molecule has 5 heteroatoms. The van der Waals surface area contributed by atoms with E-state index in [1.165, 1.54) is 27.7 Å². The smallest absolute Gasteiger partial charge is 0.256 e. The Morgan fingerprint density at radius 1 is 0.381 bits per heavy atom. The topological polar surface area (TPSA) is 24.9 Å². The molecule has 0 aromatic heterocycles. The second kappa shape index (κ2) is 14.2. The van der Waals surface area contributed by atoms with E-state index in [0.717, 1.165) is 89.9 Å². The van der Waals surface area contributed by atoms with Crippen molar-refractivity contribution >= 4 is 68.0 Å². The van der Waals surface area contributed by atoms with Crippen LogP contribution in [0, 0.1) is 0 Å². The summed E-state index contributed by atoms with van der Waals surface area (Å²) in [5.41, 5.74) is 17.0. The molecule has 4 nitrogen and oxygen atoms in total. The number of nitrogens with zero attached hydrogens (tertiary/aromatic N) is 2. The second-order valence-corrected chi connectivity index (χ2v) is 16.4. The summed E-state index contributed by atoms with van der Waals surface area (Å²) in [4.78, 5) is 4.73. The van der Waals surface area contributed by atoms with Crippen LogP contribution in [-0.4, -0.2) is 6.71 Å². The van der Waals surface area contributed by atoms with Crippen LogP contribution in [0.2, 0.25) is 0 Å². The van der Waals surface area contributed by atoms with Gasteiger partial charge in [0.05, 0.1) is 5.69 Å². The molecular formula is C58H37BN2O2. The molecule has 0 saturated heterocycles. The quantitative estimate of drug-likeness (QED) is 0.156. The predicted octanol–water partition coefficient (Wildman–Crippen LogP) is 13.8. The highest BCUT2D eigenvalue weighted by atomic mass is 16.5. The number of hydrogen-bond donors (Lipinski definition) is 0. The van der Waals surface area contributed by atoms with E-state index in [-0.39, 0.29) is 6.71 Å². The zero-order valence-electron chi connectivity index (χ0n) is 34.2. The molecule has 0 aliphatic carbocycles. The molecule has 0 spiro atoms. The van der Waals surface area contributed by atoms with Crippen LogP contribution < -0.4 is 35.7 Å². The van der Waals surface area contributed by atoms with E-state index in [1.807, 2.05) is 0 Å². The Morgan fingerprint density at radius 3 is 1.70 bits per heavy atom. The van der Waals surface area contributed by atoms with Gasteiger partial charge in [-0.15, -0.1) is 0 Å². The zero-order valence-corrected chi connectivity index (χ0v) is 34.2. The lowest BCUT2D eigenvalue weighted by molar-refractivity contribution is 0.475. The van der Waals surface area contributed by atoms with Gasteiger partial charge in [0, 0.05) is 44.8 Å². The predicted molar refractivity (Wildman–Crippen MR) is 261 cm³/mol. The van der Waals surface area contributed by atoms with Crippen molar-refractivity contribution in [1.29, 1.82) is 0 Å². The van der Waals surface area contributed by atoms with Crippen LogP contribution in [-0.2, 0) is 0 Å². The molecule has 63 heavy (non-hydrogen) atoms. The Balaban J connectivity index is 0.977. The van der Waals surface area contributed by atoms with E-state index in [0.29, 0.717) is 0 Å². The zero-order chi connectivity index (χ0) is 41.4. The Bertz CT molecular complexity index is 3360.